The highest BCUT2D eigenvalue weighted by Crippen LogP contribution is 2.26. The molecule has 0 atom stereocenters. The molecule has 0 fully saturated rings. The zero-order valence-electron chi connectivity index (χ0n) is 11.9. The Hall–Kier alpha value is -2.08. The fourth-order valence-corrected chi connectivity index (χ4v) is 3.31. The molecule has 2 aromatic rings. The van der Waals surface area contributed by atoms with Gasteiger partial charge in [-0.2, -0.15) is 0 Å². The van der Waals surface area contributed by atoms with Gasteiger partial charge in [0, 0.05) is 6.54 Å². The van der Waals surface area contributed by atoms with E-state index < -0.39 is 15.8 Å². The van der Waals surface area contributed by atoms with E-state index in [4.69, 9.17) is 0 Å². The zero-order valence-corrected chi connectivity index (χ0v) is 12.7. The lowest BCUT2D eigenvalue weighted by molar-refractivity contribution is 0.598. The summed E-state index contributed by atoms with van der Waals surface area (Å²) >= 11 is 0. The van der Waals surface area contributed by atoms with Gasteiger partial charge in [0.25, 0.3) is 10.0 Å². The maximum absolute atomic E-state index is 13.8. The van der Waals surface area contributed by atoms with Gasteiger partial charge in [0.15, 0.2) is 0 Å². The van der Waals surface area contributed by atoms with Gasteiger partial charge < -0.3 is 5.32 Å². The van der Waals surface area contributed by atoms with Gasteiger partial charge in [-0.15, -0.1) is 0 Å². The predicted molar refractivity (Wildman–Crippen MR) is 82.6 cm³/mol. The second-order valence-electron chi connectivity index (χ2n) is 4.56. The second-order valence-corrected chi connectivity index (χ2v) is 6.21. The van der Waals surface area contributed by atoms with Crippen molar-refractivity contribution in [1.82, 2.24) is 0 Å². The summed E-state index contributed by atoms with van der Waals surface area (Å²) in [5.41, 5.74) is 0.991. The van der Waals surface area contributed by atoms with Gasteiger partial charge in [0.1, 0.15) is 10.7 Å². The summed E-state index contributed by atoms with van der Waals surface area (Å²) in [6, 6.07) is 10.9. The van der Waals surface area contributed by atoms with Crippen molar-refractivity contribution < 1.29 is 12.8 Å². The molecule has 0 aliphatic heterocycles. The van der Waals surface area contributed by atoms with Crippen molar-refractivity contribution in [2.24, 2.45) is 0 Å². The van der Waals surface area contributed by atoms with Crippen molar-refractivity contribution >= 4 is 21.4 Å². The Balaban J connectivity index is 2.44. The SMILES string of the molecule is CCNc1ccccc1S(=O)(=O)Nc1c(C)cccc1F. The van der Waals surface area contributed by atoms with Gasteiger partial charge in [-0.1, -0.05) is 24.3 Å². The summed E-state index contributed by atoms with van der Waals surface area (Å²) in [4.78, 5) is 0.0921. The van der Waals surface area contributed by atoms with Crippen molar-refractivity contribution in [3.63, 3.8) is 0 Å². The average Bonchev–Trinajstić information content (AvgIpc) is 2.44. The van der Waals surface area contributed by atoms with E-state index >= 15 is 0 Å². The lowest BCUT2D eigenvalue weighted by Gasteiger charge is -2.14. The molecule has 112 valence electrons. The molecular weight excluding hydrogens is 291 g/mol. The first kappa shape index (κ1) is 15.3. The minimum Gasteiger partial charge on any atom is -0.384 e. The number of nitrogens with one attached hydrogen (secondary N) is 2. The van der Waals surface area contributed by atoms with Crippen molar-refractivity contribution in [1.29, 1.82) is 0 Å². The Labute approximate surface area is 124 Å². The number of hydrogen-bond acceptors (Lipinski definition) is 3. The zero-order chi connectivity index (χ0) is 15.5. The second kappa shape index (κ2) is 6.13. The third-order valence-corrected chi connectivity index (χ3v) is 4.41. The number of rotatable bonds is 5. The van der Waals surface area contributed by atoms with Crippen molar-refractivity contribution in [3.8, 4) is 0 Å². The van der Waals surface area contributed by atoms with Gasteiger partial charge >= 0.3 is 0 Å². The molecule has 0 saturated carbocycles. The van der Waals surface area contributed by atoms with E-state index in [0.29, 0.717) is 17.8 Å². The molecule has 2 N–H and O–H groups in total. The first-order valence-corrected chi connectivity index (χ1v) is 8.05. The van der Waals surface area contributed by atoms with Crippen molar-refractivity contribution in [2.45, 2.75) is 18.7 Å². The Morgan fingerprint density at radius 1 is 1.10 bits per heavy atom. The molecule has 0 bridgehead atoms. The van der Waals surface area contributed by atoms with Crippen LogP contribution in [0.5, 0.6) is 0 Å². The highest BCUT2D eigenvalue weighted by atomic mass is 32.2. The van der Waals surface area contributed by atoms with E-state index in [0.717, 1.165) is 0 Å². The maximum atomic E-state index is 13.8. The number of anilines is 2. The van der Waals surface area contributed by atoms with E-state index in [1.165, 1.54) is 18.2 Å². The lowest BCUT2D eigenvalue weighted by Crippen LogP contribution is -2.17. The third-order valence-electron chi connectivity index (χ3n) is 3.00. The third kappa shape index (κ3) is 3.33. The maximum Gasteiger partial charge on any atom is 0.264 e. The molecule has 0 radical (unpaired) electrons. The van der Waals surface area contributed by atoms with Crippen LogP contribution in [0.1, 0.15) is 12.5 Å². The highest BCUT2D eigenvalue weighted by Gasteiger charge is 2.20. The van der Waals surface area contributed by atoms with Crippen LogP contribution < -0.4 is 10.0 Å². The molecule has 0 unspecified atom stereocenters. The fourth-order valence-electron chi connectivity index (χ4n) is 1.99. The number of hydrogen-bond donors (Lipinski definition) is 2. The van der Waals surface area contributed by atoms with E-state index in [-0.39, 0.29) is 10.6 Å². The van der Waals surface area contributed by atoms with E-state index in [1.54, 1.807) is 31.2 Å². The van der Waals surface area contributed by atoms with Crippen LogP contribution in [-0.2, 0) is 10.0 Å². The number of sulfonamides is 1. The van der Waals surface area contributed by atoms with Crippen molar-refractivity contribution in [2.75, 3.05) is 16.6 Å². The molecular formula is C15H17FN2O2S. The Bertz CT molecular complexity index is 725. The number of para-hydroxylation sites is 2. The first-order chi connectivity index (χ1) is 9.95. The van der Waals surface area contributed by atoms with Crippen LogP contribution in [0.3, 0.4) is 0 Å². The largest absolute Gasteiger partial charge is 0.384 e. The van der Waals surface area contributed by atoms with Crippen LogP contribution in [0.15, 0.2) is 47.4 Å². The number of benzene rings is 2. The molecule has 0 heterocycles. The van der Waals surface area contributed by atoms with Crippen LogP contribution in [0.25, 0.3) is 0 Å². The molecule has 0 spiro atoms. The van der Waals surface area contributed by atoms with Crippen LogP contribution in [-0.4, -0.2) is 15.0 Å². The lowest BCUT2D eigenvalue weighted by atomic mass is 10.2. The van der Waals surface area contributed by atoms with Crippen LogP contribution in [0, 0.1) is 12.7 Å². The highest BCUT2D eigenvalue weighted by molar-refractivity contribution is 7.92. The predicted octanol–water partition coefficient (Wildman–Crippen LogP) is 3.37. The Morgan fingerprint density at radius 3 is 2.48 bits per heavy atom. The summed E-state index contributed by atoms with van der Waals surface area (Å²) < 4.78 is 41.1. The Kier molecular flexibility index (Phi) is 4.47. The summed E-state index contributed by atoms with van der Waals surface area (Å²) in [6.07, 6.45) is 0. The normalized spacial score (nSPS) is 11.2. The summed E-state index contributed by atoms with van der Waals surface area (Å²) in [5.74, 6) is -0.598. The minimum atomic E-state index is -3.86. The minimum absolute atomic E-state index is 0.0243. The number of halogens is 1. The molecule has 4 nitrogen and oxygen atoms in total. The average molecular weight is 308 g/mol. The van der Waals surface area contributed by atoms with Crippen LogP contribution in [0.2, 0.25) is 0 Å². The van der Waals surface area contributed by atoms with Crippen LogP contribution >= 0.6 is 0 Å². The van der Waals surface area contributed by atoms with Gasteiger partial charge in [-0.25, -0.2) is 12.8 Å². The molecule has 0 saturated heterocycles. The molecule has 0 amide bonds. The summed E-state index contributed by atoms with van der Waals surface area (Å²) in [6.45, 7) is 4.11. The molecule has 0 aliphatic rings. The van der Waals surface area contributed by atoms with Gasteiger partial charge in [-0.3, -0.25) is 4.72 Å². The molecule has 2 rings (SSSR count). The molecule has 2 aromatic carbocycles. The van der Waals surface area contributed by atoms with Gasteiger partial charge in [0.05, 0.1) is 11.4 Å². The van der Waals surface area contributed by atoms with E-state index in [9.17, 15) is 12.8 Å². The number of aryl methyl sites for hydroxylation is 1. The van der Waals surface area contributed by atoms with Crippen LogP contribution in [0.4, 0.5) is 15.8 Å². The topological polar surface area (TPSA) is 58.2 Å². The molecule has 0 aliphatic carbocycles. The Morgan fingerprint density at radius 2 is 1.81 bits per heavy atom. The van der Waals surface area contributed by atoms with Crippen molar-refractivity contribution in [3.05, 3.63) is 53.8 Å². The smallest absolute Gasteiger partial charge is 0.264 e. The molecule has 6 heteroatoms. The fraction of sp³-hybridized carbons (Fsp3) is 0.200. The molecule has 0 aromatic heterocycles. The van der Waals surface area contributed by atoms with Gasteiger partial charge in [0.2, 0.25) is 0 Å². The summed E-state index contributed by atoms with van der Waals surface area (Å²) in [7, 11) is -3.86. The first-order valence-electron chi connectivity index (χ1n) is 6.56. The van der Waals surface area contributed by atoms with Gasteiger partial charge in [-0.05, 0) is 37.6 Å². The quantitative estimate of drug-likeness (QED) is 0.890. The monoisotopic (exact) mass is 308 g/mol. The van der Waals surface area contributed by atoms with E-state index in [2.05, 4.69) is 10.0 Å². The molecule has 21 heavy (non-hydrogen) atoms. The summed E-state index contributed by atoms with van der Waals surface area (Å²) in [5, 5.41) is 2.98. The standard InChI is InChI=1S/C15H17FN2O2S/c1-3-17-13-9-4-5-10-14(13)21(19,20)18-15-11(2)7-6-8-12(15)16/h4-10,17-18H,3H2,1-2H3. The van der Waals surface area contributed by atoms with E-state index in [1.807, 2.05) is 6.92 Å².